The van der Waals surface area contributed by atoms with E-state index >= 15 is 0 Å². The van der Waals surface area contributed by atoms with Crippen LogP contribution < -0.4 is 10.2 Å². The number of aliphatic carboxylic acids is 2. The van der Waals surface area contributed by atoms with Crippen LogP contribution in [0.2, 0.25) is 0 Å². The Kier molecular flexibility index (Phi) is 21.3. The molecule has 4 aromatic carbocycles. The van der Waals surface area contributed by atoms with Gasteiger partial charge >= 0.3 is 23.9 Å². The second-order valence-corrected chi connectivity index (χ2v) is 11.1. The average Bonchev–Trinajstić information content (AvgIpc) is 2.99. The van der Waals surface area contributed by atoms with Crippen LogP contribution >= 0.6 is 0 Å². The van der Waals surface area contributed by atoms with E-state index < -0.39 is 23.8 Å². The minimum atomic E-state index is -1.02. The molecule has 0 aliphatic heterocycles. The van der Waals surface area contributed by atoms with Gasteiger partial charge in [0.05, 0.1) is 0 Å². The molecule has 4 aromatic rings. The van der Waals surface area contributed by atoms with E-state index in [2.05, 4.69) is 27.7 Å². The van der Waals surface area contributed by atoms with Crippen LogP contribution in [0.3, 0.4) is 0 Å². The first kappa shape index (κ1) is 39.6. The van der Waals surface area contributed by atoms with Crippen LogP contribution in [-0.2, 0) is 22.4 Å². The zero-order valence-corrected chi connectivity index (χ0v) is 29.3. The fourth-order valence-corrected chi connectivity index (χ4v) is 3.87. The van der Waals surface area contributed by atoms with Crippen molar-refractivity contribution in [3.8, 4) is 0 Å². The number of rotatable bonds is 8. The fourth-order valence-electron chi connectivity index (χ4n) is 3.87. The Morgan fingerprint density at radius 1 is 0.465 bits per heavy atom. The number of carboxylic acids is 2. The number of carboxylic acid groups (broad SMARTS) is 2. The summed E-state index contributed by atoms with van der Waals surface area (Å²) >= 11 is 0. The van der Waals surface area contributed by atoms with Crippen molar-refractivity contribution in [3.05, 3.63) is 144 Å². The first-order valence-corrected chi connectivity index (χ1v) is 14.6. The summed E-state index contributed by atoms with van der Waals surface area (Å²) in [7, 11) is 0. The standard InChI is InChI=1S/2C13H18O2.2C6H6.Sn/c2*1-9(2)8-11-4-6-12(7-5-11)10(3)13(14)15;2*1-2-4-6-5-3-1;/h2*4-7,9-10H,8H2,1-3H3,(H,14,15);2*1-6H;/q;;;;+2/p-2. The average molecular weight is 685 g/mol. The Morgan fingerprint density at radius 2 is 0.674 bits per heavy atom. The van der Waals surface area contributed by atoms with Crippen molar-refractivity contribution in [2.75, 3.05) is 0 Å². The van der Waals surface area contributed by atoms with Crippen LogP contribution in [0.1, 0.15) is 75.6 Å². The van der Waals surface area contributed by atoms with E-state index in [1.165, 1.54) is 11.1 Å². The Morgan fingerprint density at radius 3 is 0.837 bits per heavy atom. The predicted molar refractivity (Wildman–Crippen MR) is 175 cm³/mol. The monoisotopic (exact) mass is 686 g/mol. The molecule has 0 saturated carbocycles. The van der Waals surface area contributed by atoms with Gasteiger partial charge in [-0.3, -0.25) is 0 Å². The summed E-state index contributed by atoms with van der Waals surface area (Å²) in [6.45, 7) is 11.9. The van der Waals surface area contributed by atoms with Crippen LogP contribution in [0.5, 0.6) is 0 Å². The molecule has 0 aromatic heterocycles. The van der Waals surface area contributed by atoms with E-state index in [0.717, 1.165) is 24.0 Å². The third kappa shape index (κ3) is 18.7. The Balaban J connectivity index is 0.000000586. The molecule has 0 aliphatic carbocycles. The quantitative estimate of drug-likeness (QED) is 0.199. The number of benzene rings is 4. The summed E-state index contributed by atoms with van der Waals surface area (Å²) in [6.07, 6.45) is 2.06. The first-order chi connectivity index (χ1) is 20.0. The van der Waals surface area contributed by atoms with Crippen molar-refractivity contribution >= 4 is 35.8 Å². The van der Waals surface area contributed by atoms with Crippen LogP contribution in [0, 0.1) is 11.8 Å². The zero-order chi connectivity index (χ0) is 31.3. The van der Waals surface area contributed by atoms with Gasteiger partial charge in [-0.15, -0.1) is 0 Å². The molecule has 43 heavy (non-hydrogen) atoms. The van der Waals surface area contributed by atoms with Gasteiger partial charge in [0.1, 0.15) is 0 Å². The van der Waals surface area contributed by atoms with Crippen molar-refractivity contribution in [1.29, 1.82) is 0 Å². The molecule has 0 amide bonds. The summed E-state index contributed by atoms with van der Waals surface area (Å²) in [4.78, 5) is 21.3. The number of hydrogen-bond donors (Lipinski definition) is 0. The van der Waals surface area contributed by atoms with E-state index in [0.29, 0.717) is 11.8 Å². The Bertz CT molecular complexity index is 1080. The molecule has 0 spiro atoms. The molecular formula is C38H46O4Sn. The minimum absolute atomic E-state index is 0. The van der Waals surface area contributed by atoms with E-state index in [1.54, 1.807) is 13.8 Å². The van der Waals surface area contributed by atoms with Crippen molar-refractivity contribution < 1.29 is 19.8 Å². The topological polar surface area (TPSA) is 80.3 Å². The number of hydrogen-bond acceptors (Lipinski definition) is 4. The molecule has 4 nitrogen and oxygen atoms in total. The number of carbonyl (C=O) groups is 2. The minimum Gasteiger partial charge on any atom is -0.550 e. The molecular weight excluding hydrogens is 639 g/mol. The molecule has 2 radical (unpaired) electrons. The van der Waals surface area contributed by atoms with Gasteiger partial charge in [-0.05, 0) is 46.9 Å². The maximum absolute atomic E-state index is 10.7. The van der Waals surface area contributed by atoms with Gasteiger partial charge in [-0.1, -0.05) is 163 Å². The van der Waals surface area contributed by atoms with Gasteiger partial charge in [0.25, 0.3) is 0 Å². The van der Waals surface area contributed by atoms with Crippen LogP contribution in [0.25, 0.3) is 0 Å². The van der Waals surface area contributed by atoms with Gasteiger partial charge in [0.2, 0.25) is 0 Å². The fraction of sp³-hybridized carbons (Fsp3) is 0.316. The molecule has 0 bridgehead atoms. The molecule has 0 fully saturated rings. The van der Waals surface area contributed by atoms with Gasteiger partial charge < -0.3 is 19.8 Å². The molecule has 2 unspecified atom stereocenters. The molecule has 2 atom stereocenters. The molecule has 0 heterocycles. The van der Waals surface area contributed by atoms with Crippen molar-refractivity contribution in [1.82, 2.24) is 0 Å². The molecule has 0 aliphatic rings. The van der Waals surface area contributed by atoms with E-state index in [4.69, 9.17) is 0 Å². The largest absolute Gasteiger partial charge is 2.00 e. The third-order valence-electron chi connectivity index (χ3n) is 6.29. The Hall–Kier alpha value is -3.38. The van der Waals surface area contributed by atoms with Crippen molar-refractivity contribution in [2.45, 2.75) is 66.2 Å². The summed E-state index contributed by atoms with van der Waals surface area (Å²) in [5.74, 6) is -1.86. The normalized spacial score (nSPS) is 11.2. The summed E-state index contributed by atoms with van der Waals surface area (Å²) in [5, 5.41) is 21.3. The van der Waals surface area contributed by atoms with Crippen LogP contribution in [0.4, 0.5) is 0 Å². The molecule has 5 heteroatoms. The Labute approximate surface area is 276 Å². The predicted octanol–water partition coefficient (Wildman–Crippen LogP) is 6.47. The van der Waals surface area contributed by atoms with Crippen molar-refractivity contribution in [2.24, 2.45) is 11.8 Å². The maximum Gasteiger partial charge on any atom is 2.00 e. The second kappa shape index (κ2) is 23.1. The smallest absolute Gasteiger partial charge is 0.550 e. The van der Waals surface area contributed by atoms with Gasteiger partial charge in [-0.2, -0.15) is 0 Å². The summed E-state index contributed by atoms with van der Waals surface area (Å²) in [6, 6.07) is 39.5. The molecule has 226 valence electrons. The van der Waals surface area contributed by atoms with Crippen LogP contribution in [0.15, 0.2) is 121 Å². The maximum atomic E-state index is 10.7. The summed E-state index contributed by atoms with van der Waals surface area (Å²) in [5.41, 5.74) is 4.11. The second-order valence-electron chi connectivity index (χ2n) is 11.1. The first-order valence-electron chi connectivity index (χ1n) is 14.6. The van der Waals surface area contributed by atoms with Crippen molar-refractivity contribution in [3.63, 3.8) is 0 Å². The molecule has 0 saturated heterocycles. The SMILES string of the molecule is CC(C)Cc1ccc(C(C)C(=O)[O-])cc1.CC(C)Cc1ccc(C(C)C(=O)[O-])cc1.[Sn+2].c1ccccc1.c1ccccc1. The van der Waals surface area contributed by atoms with E-state index in [1.807, 2.05) is 121 Å². The zero-order valence-electron chi connectivity index (χ0n) is 26.4. The number of carbonyl (C=O) groups excluding carboxylic acids is 2. The summed E-state index contributed by atoms with van der Waals surface area (Å²) < 4.78 is 0. The molecule has 0 N–H and O–H groups in total. The van der Waals surface area contributed by atoms with E-state index in [9.17, 15) is 19.8 Å². The molecule has 4 rings (SSSR count). The van der Waals surface area contributed by atoms with Crippen LogP contribution in [-0.4, -0.2) is 35.8 Å². The third-order valence-corrected chi connectivity index (χ3v) is 6.29. The van der Waals surface area contributed by atoms with E-state index in [-0.39, 0.29) is 23.9 Å². The van der Waals surface area contributed by atoms with Gasteiger partial charge in [-0.25, -0.2) is 0 Å². The van der Waals surface area contributed by atoms with Gasteiger partial charge in [0, 0.05) is 23.8 Å². The van der Waals surface area contributed by atoms with Gasteiger partial charge in [0.15, 0.2) is 0 Å².